The Hall–Kier alpha value is -2.72. The number of carbonyl (C=O) groups excluding carboxylic acids is 1. The number of hydrogen-bond acceptors (Lipinski definition) is 3. The molecule has 0 spiro atoms. The molecule has 4 nitrogen and oxygen atoms in total. The molecule has 0 saturated carbocycles. The first kappa shape index (κ1) is 18.1. The second kappa shape index (κ2) is 7.67. The van der Waals surface area contributed by atoms with E-state index in [1.807, 2.05) is 43.3 Å². The van der Waals surface area contributed by atoms with Crippen LogP contribution in [0, 0.1) is 0 Å². The number of rotatable bonds is 6. The predicted octanol–water partition coefficient (Wildman–Crippen LogP) is 4.82. The van der Waals surface area contributed by atoms with Crippen molar-refractivity contribution in [3.05, 3.63) is 65.2 Å². The van der Waals surface area contributed by atoms with Crippen LogP contribution in [-0.2, 0) is 4.79 Å². The number of para-hydroxylation sites is 1. The van der Waals surface area contributed by atoms with Crippen molar-refractivity contribution in [2.75, 3.05) is 25.2 Å². The summed E-state index contributed by atoms with van der Waals surface area (Å²) in [7, 11) is 1.55. The molecule has 1 heterocycles. The third-order valence-electron chi connectivity index (χ3n) is 4.19. The lowest BCUT2D eigenvalue weighted by Gasteiger charge is -2.13. The number of ether oxygens (including phenoxy) is 2. The average Bonchev–Trinajstić information content (AvgIpc) is 2.91. The van der Waals surface area contributed by atoms with E-state index in [9.17, 15) is 4.79 Å². The van der Waals surface area contributed by atoms with Crippen LogP contribution >= 0.6 is 11.6 Å². The van der Waals surface area contributed by atoms with Crippen LogP contribution in [0.1, 0.15) is 18.1 Å². The van der Waals surface area contributed by atoms with Gasteiger partial charge >= 0.3 is 0 Å². The number of nitrogens with zero attached hydrogens (tertiary/aromatic N) is 1. The van der Waals surface area contributed by atoms with Crippen LogP contribution in [0.2, 0.25) is 5.02 Å². The molecule has 0 radical (unpaired) electrons. The van der Waals surface area contributed by atoms with Crippen molar-refractivity contribution >= 4 is 34.8 Å². The van der Waals surface area contributed by atoms with Gasteiger partial charge in [-0.1, -0.05) is 42.5 Å². The van der Waals surface area contributed by atoms with Gasteiger partial charge < -0.3 is 14.4 Å². The van der Waals surface area contributed by atoms with Gasteiger partial charge in [0.25, 0.3) is 5.91 Å². The van der Waals surface area contributed by atoms with E-state index in [0.717, 1.165) is 16.8 Å². The van der Waals surface area contributed by atoms with Gasteiger partial charge in [0.15, 0.2) is 11.5 Å². The lowest BCUT2D eigenvalue weighted by molar-refractivity contribution is -0.112. The second-order valence-corrected chi connectivity index (χ2v) is 6.17. The summed E-state index contributed by atoms with van der Waals surface area (Å²) in [5, 5.41) is 0.420. The van der Waals surface area contributed by atoms with E-state index in [0.29, 0.717) is 35.2 Å². The molecule has 0 bridgehead atoms. The van der Waals surface area contributed by atoms with Crippen LogP contribution in [0.25, 0.3) is 11.6 Å². The van der Waals surface area contributed by atoms with Crippen molar-refractivity contribution in [1.82, 2.24) is 0 Å². The smallest absolute Gasteiger partial charge is 0.258 e. The summed E-state index contributed by atoms with van der Waals surface area (Å²) in [5.74, 6) is 0.956. The zero-order valence-corrected chi connectivity index (χ0v) is 15.5. The maximum absolute atomic E-state index is 12.8. The lowest BCUT2D eigenvalue weighted by Crippen LogP contribution is -2.25. The minimum absolute atomic E-state index is 0.0178. The van der Waals surface area contributed by atoms with Crippen LogP contribution in [0.5, 0.6) is 11.5 Å². The van der Waals surface area contributed by atoms with Crippen LogP contribution in [0.15, 0.2) is 49.1 Å². The molecule has 5 heteroatoms. The Morgan fingerprint density at radius 1 is 1.27 bits per heavy atom. The number of halogens is 1. The molecular weight excluding hydrogens is 350 g/mol. The van der Waals surface area contributed by atoms with Gasteiger partial charge in [-0.3, -0.25) is 4.79 Å². The standard InChI is InChI=1S/C21H20ClNO3/c1-4-10-26-20-17(22)12-14(13-19(20)25-3)11-16-15-8-6-7-9-18(15)23(5-2)21(16)24/h4,6-9,11-13H,1,5,10H2,2-3H3/b16-11-. The molecule has 134 valence electrons. The zero-order valence-electron chi connectivity index (χ0n) is 14.8. The Morgan fingerprint density at radius 3 is 2.73 bits per heavy atom. The molecular formula is C21H20ClNO3. The van der Waals surface area contributed by atoms with Crippen LogP contribution in [0.4, 0.5) is 5.69 Å². The number of amides is 1. The molecule has 0 N–H and O–H groups in total. The van der Waals surface area contributed by atoms with Gasteiger partial charge in [-0.25, -0.2) is 0 Å². The molecule has 0 unspecified atom stereocenters. The molecule has 1 amide bonds. The summed E-state index contributed by atoms with van der Waals surface area (Å²) < 4.78 is 11.0. The van der Waals surface area contributed by atoms with E-state index in [4.69, 9.17) is 21.1 Å². The fraction of sp³-hybridized carbons (Fsp3) is 0.190. The predicted molar refractivity (Wildman–Crippen MR) is 106 cm³/mol. The zero-order chi connectivity index (χ0) is 18.7. The normalized spacial score (nSPS) is 14.5. The quantitative estimate of drug-likeness (QED) is 0.541. The first-order chi connectivity index (χ1) is 12.6. The largest absolute Gasteiger partial charge is 0.493 e. The Morgan fingerprint density at radius 2 is 2.04 bits per heavy atom. The first-order valence-corrected chi connectivity index (χ1v) is 8.72. The van der Waals surface area contributed by atoms with E-state index < -0.39 is 0 Å². The Labute approximate surface area is 158 Å². The molecule has 1 aliphatic heterocycles. The Kier molecular flexibility index (Phi) is 5.33. The molecule has 2 aromatic rings. The maximum atomic E-state index is 12.8. The minimum Gasteiger partial charge on any atom is -0.493 e. The molecule has 1 aliphatic rings. The molecule has 26 heavy (non-hydrogen) atoms. The van der Waals surface area contributed by atoms with Crippen molar-refractivity contribution in [1.29, 1.82) is 0 Å². The number of hydrogen-bond donors (Lipinski definition) is 0. The van der Waals surface area contributed by atoms with E-state index in [1.54, 1.807) is 24.2 Å². The van der Waals surface area contributed by atoms with E-state index in [1.165, 1.54) is 0 Å². The van der Waals surface area contributed by atoms with E-state index >= 15 is 0 Å². The highest BCUT2D eigenvalue weighted by Crippen LogP contribution is 2.40. The van der Waals surface area contributed by atoms with Crippen molar-refractivity contribution in [2.24, 2.45) is 0 Å². The van der Waals surface area contributed by atoms with Crippen molar-refractivity contribution in [2.45, 2.75) is 6.92 Å². The van der Waals surface area contributed by atoms with Crippen molar-refractivity contribution in [3.63, 3.8) is 0 Å². The molecule has 0 atom stereocenters. The first-order valence-electron chi connectivity index (χ1n) is 8.34. The van der Waals surface area contributed by atoms with Gasteiger partial charge in [0.2, 0.25) is 0 Å². The third-order valence-corrected chi connectivity index (χ3v) is 4.47. The van der Waals surface area contributed by atoms with Gasteiger partial charge in [-0.15, -0.1) is 0 Å². The van der Waals surface area contributed by atoms with Crippen LogP contribution in [-0.4, -0.2) is 26.2 Å². The summed E-state index contributed by atoms with van der Waals surface area (Å²) >= 11 is 6.36. The second-order valence-electron chi connectivity index (χ2n) is 5.76. The topological polar surface area (TPSA) is 38.8 Å². The molecule has 0 fully saturated rings. The summed E-state index contributed by atoms with van der Waals surface area (Å²) in [6.45, 7) is 6.54. The number of anilines is 1. The van der Waals surface area contributed by atoms with Crippen LogP contribution in [0.3, 0.4) is 0 Å². The highest BCUT2D eigenvalue weighted by molar-refractivity contribution is 6.36. The molecule has 0 saturated heterocycles. The monoisotopic (exact) mass is 369 g/mol. The molecule has 0 aromatic heterocycles. The Bertz CT molecular complexity index is 889. The maximum Gasteiger partial charge on any atom is 0.258 e. The number of benzene rings is 2. The average molecular weight is 370 g/mol. The summed E-state index contributed by atoms with van der Waals surface area (Å²) in [5.41, 5.74) is 3.26. The lowest BCUT2D eigenvalue weighted by atomic mass is 10.0. The van der Waals surface area contributed by atoms with Gasteiger partial charge in [0, 0.05) is 17.7 Å². The molecule has 0 aliphatic carbocycles. The minimum atomic E-state index is -0.0178. The van der Waals surface area contributed by atoms with Crippen molar-refractivity contribution < 1.29 is 14.3 Å². The molecule has 3 rings (SSSR count). The number of carbonyl (C=O) groups is 1. The summed E-state index contributed by atoms with van der Waals surface area (Å²) in [4.78, 5) is 14.6. The number of fused-ring (bicyclic) bond motifs is 1. The Balaban J connectivity index is 2.06. The number of likely N-dealkylation sites (N-methyl/N-ethyl adjacent to an activating group) is 1. The van der Waals surface area contributed by atoms with E-state index in [2.05, 4.69) is 6.58 Å². The van der Waals surface area contributed by atoms with Gasteiger partial charge in [-0.2, -0.15) is 0 Å². The van der Waals surface area contributed by atoms with E-state index in [-0.39, 0.29) is 5.91 Å². The summed E-state index contributed by atoms with van der Waals surface area (Å²) in [6, 6.07) is 11.3. The fourth-order valence-corrected chi connectivity index (χ4v) is 3.31. The third kappa shape index (κ3) is 3.20. The SMILES string of the molecule is C=CCOc1c(Cl)cc(/C=C2\C(=O)N(CC)c3ccccc32)cc1OC. The highest BCUT2D eigenvalue weighted by Gasteiger charge is 2.30. The molecule has 2 aromatic carbocycles. The number of methoxy groups -OCH3 is 1. The fourth-order valence-electron chi connectivity index (χ4n) is 3.03. The summed E-state index contributed by atoms with van der Waals surface area (Å²) in [6.07, 6.45) is 3.47. The van der Waals surface area contributed by atoms with Gasteiger partial charge in [0.1, 0.15) is 6.61 Å². The van der Waals surface area contributed by atoms with Gasteiger partial charge in [-0.05, 0) is 36.8 Å². The van der Waals surface area contributed by atoms with Crippen molar-refractivity contribution in [3.8, 4) is 11.5 Å². The highest BCUT2D eigenvalue weighted by atomic mass is 35.5. The van der Waals surface area contributed by atoms with Gasteiger partial charge in [0.05, 0.1) is 17.8 Å². The van der Waals surface area contributed by atoms with Crippen LogP contribution < -0.4 is 14.4 Å².